The quantitative estimate of drug-likeness (QED) is 0.618. The zero-order chi connectivity index (χ0) is 17.9. The summed E-state index contributed by atoms with van der Waals surface area (Å²) in [5.74, 6) is -0.226. The van der Waals surface area contributed by atoms with Crippen LogP contribution in [0.2, 0.25) is 0 Å². The van der Waals surface area contributed by atoms with Crippen LogP contribution in [0.1, 0.15) is 33.2 Å². The number of pyridine rings is 1. The first-order chi connectivity index (χ1) is 12.7. The number of hydrogen-bond acceptors (Lipinski definition) is 4. The second-order valence-electron chi connectivity index (χ2n) is 6.00. The van der Waals surface area contributed by atoms with Gasteiger partial charge in [0.1, 0.15) is 5.56 Å². The minimum atomic E-state index is -0.308. The van der Waals surface area contributed by atoms with Gasteiger partial charge in [-0.1, -0.05) is 36.4 Å². The van der Waals surface area contributed by atoms with Gasteiger partial charge < -0.3 is 5.32 Å². The Labute approximate surface area is 150 Å². The van der Waals surface area contributed by atoms with Crippen molar-refractivity contribution in [2.45, 2.75) is 13.0 Å². The Kier molecular flexibility index (Phi) is 4.15. The monoisotopic (exact) mass is 343 g/mol. The van der Waals surface area contributed by atoms with Crippen LogP contribution in [0.3, 0.4) is 0 Å². The zero-order valence-corrected chi connectivity index (χ0v) is 14.2. The van der Waals surface area contributed by atoms with E-state index in [0.717, 1.165) is 16.8 Å². The maximum absolute atomic E-state index is 13.0. The van der Waals surface area contributed by atoms with Crippen molar-refractivity contribution in [2.75, 3.05) is 0 Å². The fourth-order valence-corrected chi connectivity index (χ4v) is 2.88. The highest BCUT2D eigenvalue weighted by Crippen LogP contribution is 2.22. The molecule has 0 aliphatic carbocycles. The van der Waals surface area contributed by atoms with Crippen molar-refractivity contribution in [3.63, 3.8) is 0 Å². The summed E-state index contributed by atoms with van der Waals surface area (Å²) >= 11 is 0. The van der Waals surface area contributed by atoms with Gasteiger partial charge in [0.05, 0.1) is 12.2 Å². The molecule has 6 heteroatoms. The predicted octanol–water partition coefficient (Wildman–Crippen LogP) is 2.95. The molecule has 1 N–H and O–H groups in total. The molecule has 0 saturated heterocycles. The molecule has 1 unspecified atom stereocenters. The second-order valence-corrected chi connectivity index (χ2v) is 6.00. The molecule has 0 spiro atoms. The smallest absolute Gasteiger partial charge is 0.257 e. The van der Waals surface area contributed by atoms with Crippen LogP contribution >= 0.6 is 0 Å². The first-order valence-corrected chi connectivity index (χ1v) is 8.29. The number of benzene rings is 1. The number of fused-ring (bicyclic) bond motifs is 1. The third-order valence-electron chi connectivity index (χ3n) is 4.18. The normalized spacial score (nSPS) is 12.0. The molecule has 0 aliphatic heterocycles. The Bertz CT molecular complexity index is 1000. The third kappa shape index (κ3) is 3.04. The van der Waals surface area contributed by atoms with Crippen LogP contribution in [0.15, 0.2) is 73.3 Å². The molecule has 1 amide bonds. The zero-order valence-electron chi connectivity index (χ0n) is 14.2. The Morgan fingerprint density at radius 3 is 2.62 bits per heavy atom. The Balaban J connectivity index is 1.71. The largest absolute Gasteiger partial charge is 0.341 e. The van der Waals surface area contributed by atoms with E-state index in [9.17, 15) is 4.79 Å². The average Bonchev–Trinajstić information content (AvgIpc) is 3.10. The molecule has 26 heavy (non-hydrogen) atoms. The van der Waals surface area contributed by atoms with Gasteiger partial charge >= 0.3 is 0 Å². The van der Waals surface area contributed by atoms with Crippen molar-refractivity contribution in [3.05, 3.63) is 95.7 Å². The number of carbonyl (C=O) groups excluding carboxylic acids is 1. The number of nitrogens with zero attached hydrogens (tertiary/aromatic N) is 4. The van der Waals surface area contributed by atoms with Gasteiger partial charge in [-0.25, -0.2) is 9.50 Å². The van der Waals surface area contributed by atoms with E-state index < -0.39 is 0 Å². The van der Waals surface area contributed by atoms with Crippen molar-refractivity contribution in [1.29, 1.82) is 0 Å². The van der Waals surface area contributed by atoms with Gasteiger partial charge in [-0.2, -0.15) is 5.10 Å². The fraction of sp³-hybridized carbons (Fsp3) is 0.100. The van der Waals surface area contributed by atoms with Crippen molar-refractivity contribution < 1.29 is 4.79 Å². The van der Waals surface area contributed by atoms with Gasteiger partial charge in [-0.05, 0) is 30.2 Å². The molecule has 3 aromatic heterocycles. The molecule has 0 aliphatic rings. The molecule has 4 aromatic rings. The molecule has 4 rings (SSSR count). The molecule has 1 aromatic carbocycles. The van der Waals surface area contributed by atoms with Crippen LogP contribution in [0, 0.1) is 6.92 Å². The summed E-state index contributed by atoms with van der Waals surface area (Å²) in [6, 6.07) is 15.2. The van der Waals surface area contributed by atoms with E-state index in [1.54, 1.807) is 29.3 Å². The second kappa shape index (κ2) is 6.76. The number of carbonyl (C=O) groups is 1. The van der Waals surface area contributed by atoms with Crippen molar-refractivity contribution in [3.8, 4) is 0 Å². The molecular formula is C20H17N5O. The third-order valence-corrected chi connectivity index (χ3v) is 4.18. The van der Waals surface area contributed by atoms with Crippen LogP contribution in [0.25, 0.3) is 5.65 Å². The van der Waals surface area contributed by atoms with Gasteiger partial charge in [-0.15, -0.1) is 0 Å². The van der Waals surface area contributed by atoms with E-state index in [2.05, 4.69) is 20.4 Å². The van der Waals surface area contributed by atoms with Gasteiger partial charge in [-0.3, -0.25) is 9.78 Å². The Morgan fingerprint density at radius 2 is 1.85 bits per heavy atom. The molecule has 0 fully saturated rings. The lowest BCUT2D eigenvalue weighted by Crippen LogP contribution is -2.29. The lowest BCUT2D eigenvalue weighted by molar-refractivity contribution is 0.0944. The summed E-state index contributed by atoms with van der Waals surface area (Å²) in [7, 11) is 0. The lowest BCUT2D eigenvalue weighted by atomic mass is 10.00. The van der Waals surface area contributed by atoms with Gasteiger partial charge in [0.25, 0.3) is 5.91 Å². The molecule has 3 heterocycles. The van der Waals surface area contributed by atoms with E-state index in [4.69, 9.17) is 0 Å². The fourth-order valence-electron chi connectivity index (χ4n) is 2.88. The summed E-state index contributed by atoms with van der Waals surface area (Å²) in [5, 5.41) is 7.31. The summed E-state index contributed by atoms with van der Waals surface area (Å²) in [6.07, 6.45) is 6.81. The number of hydrogen-bond donors (Lipinski definition) is 1. The van der Waals surface area contributed by atoms with Crippen LogP contribution in [0.5, 0.6) is 0 Å². The number of aryl methyl sites for hydroxylation is 1. The van der Waals surface area contributed by atoms with Gasteiger partial charge in [0.15, 0.2) is 5.65 Å². The highest BCUT2D eigenvalue weighted by Gasteiger charge is 2.21. The van der Waals surface area contributed by atoms with Crippen molar-refractivity contribution >= 4 is 11.6 Å². The van der Waals surface area contributed by atoms with E-state index in [1.165, 1.54) is 0 Å². The summed E-state index contributed by atoms with van der Waals surface area (Å²) in [6.45, 7) is 1.89. The van der Waals surface area contributed by atoms with E-state index in [-0.39, 0.29) is 11.9 Å². The number of rotatable bonds is 4. The van der Waals surface area contributed by atoms with Crippen LogP contribution in [0.4, 0.5) is 0 Å². The van der Waals surface area contributed by atoms with Crippen LogP contribution in [-0.4, -0.2) is 25.5 Å². The molecule has 1 atom stereocenters. The molecule has 0 saturated carbocycles. The SMILES string of the molecule is Cc1ccn2ncc(C(=O)NC(c3ccccc3)c3cccnc3)c2n1. The Morgan fingerprint density at radius 1 is 1.04 bits per heavy atom. The maximum Gasteiger partial charge on any atom is 0.257 e. The van der Waals surface area contributed by atoms with E-state index in [0.29, 0.717) is 11.2 Å². The number of amides is 1. The maximum atomic E-state index is 13.0. The molecule has 0 bridgehead atoms. The van der Waals surface area contributed by atoms with E-state index in [1.807, 2.05) is 55.5 Å². The lowest BCUT2D eigenvalue weighted by Gasteiger charge is -2.19. The topological polar surface area (TPSA) is 72.2 Å². The van der Waals surface area contributed by atoms with Crippen LogP contribution in [-0.2, 0) is 0 Å². The van der Waals surface area contributed by atoms with Gasteiger partial charge in [0.2, 0.25) is 0 Å². The van der Waals surface area contributed by atoms with Crippen molar-refractivity contribution in [2.24, 2.45) is 0 Å². The number of nitrogens with one attached hydrogen (secondary N) is 1. The first kappa shape index (κ1) is 16.0. The highest BCUT2D eigenvalue weighted by atomic mass is 16.1. The predicted molar refractivity (Wildman–Crippen MR) is 97.7 cm³/mol. The molecule has 0 radical (unpaired) electrons. The highest BCUT2D eigenvalue weighted by molar-refractivity contribution is 6.00. The molecule has 6 nitrogen and oxygen atoms in total. The average molecular weight is 343 g/mol. The minimum absolute atomic E-state index is 0.226. The molecule has 128 valence electrons. The summed E-state index contributed by atoms with van der Waals surface area (Å²) in [5.41, 5.74) is 3.71. The van der Waals surface area contributed by atoms with Crippen LogP contribution < -0.4 is 5.32 Å². The van der Waals surface area contributed by atoms with E-state index >= 15 is 0 Å². The summed E-state index contributed by atoms with van der Waals surface area (Å²) < 4.78 is 1.60. The Hall–Kier alpha value is -3.54. The molecular weight excluding hydrogens is 326 g/mol. The number of aromatic nitrogens is 4. The standard InChI is InChI=1S/C20H17N5O/c1-14-9-11-25-19(23-14)17(13-22-25)20(26)24-18(15-6-3-2-4-7-15)16-8-5-10-21-12-16/h2-13,18H,1H3,(H,24,26). The summed E-state index contributed by atoms with van der Waals surface area (Å²) in [4.78, 5) is 21.6. The van der Waals surface area contributed by atoms with Crippen molar-refractivity contribution in [1.82, 2.24) is 24.9 Å². The van der Waals surface area contributed by atoms with Gasteiger partial charge in [0, 0.05) is 24.3 Å². The first-order valence-electron chi connectivity index (χ1n) is 8.29. The minimum Gasteiger partial charge on any atom is -0.341 e.